The maximum Gasteiger partial charge on any atom is 0.332 e. The first kappa shape index (κ1) is 23.2. The lowest BCUT2D eigenvalue weighted by Gasteiger charge is -2.36. The molecule has 0 saturated carbocycles. The summed E-state index contributed by atoms with van der Waals surface area (Å²) in [6.45, 7) is 9.17. The maximum atomic E-state index is 14.6. The van der Waals surface area contributed by atoms with Crippen molar-refractivity contribution in [3.05, 3.63) is 56.5 Å². The summed E-state index contributed by atoms with van der Waals surface area (Å²) < 4.78 is 18.8. The molecule has 1 aliphatic heterocycles. The Bertz CT molecular complexity index is 1260. The fourth-order valence-corrected chi connectivity index (χ4v) is 4.87. The Hall–Kier alpha value is -2.94. The third-order valence-electron chi connectivity index (χ3n) is 6.83. The van der Waals surface area contributed by atoms with Gasteiger partial charge in [0.1, 0.15) is 5.82 Å². The van der Waals surface area contributed by atoms with Crippen LogP contribution < -0.4 is 16.1 Å². The molecule has 1 fully saturated rings. The van der Waals surface area contributed by atoms with E-state index in [9.17, 15) is 14.0 Å². The van der Waals surface area contributed by atoms with Gasteiger partial charge in [0, 0.05) is 39.3 Å². The van der Waals surface area contributed by atoms with Gasteiger partial charge >= 0.3 is 5.69 Å². The average Bonchev–Trinajstić information content (AvgIpc) is 3.21. The number of aromatic nitrogens is 4. The summed E-state index contributed by atoms with van der Waals surface area (Å²) in [6.07, 6.45) is 2.16. The standard InChI is InChI=1S/C24H33FN6O2/c1-5-29(6-2)14-17-10-9-13-30(15-17)23-26-21-20(22(32)28(4)24(33)27(21)3)31(23)16-18-11-7-8-12-19(18)25/h7-8,11-12,17H,5-6,9-10,13-16H2,1-4H3. The van der Waals surface area contributed by atoms with E-state index in [0.717, 1.165) is 50.1 Å². The number of halogens is 1. The number of rotatable bonds is 7. The zero-order valence-electron chi connectivity index (χ0n) is 19.9. The van der Waals surface area contributed by atoms with Crippen LogP contribution in [0.1, 0.15) is 32.3 Å². The summed E-state index contributed by atoms with van der Waals surface area (Å²) in [6, 6.07) is 6.57. The van der Waals surface area contributed by atoms with E-state index in [1.807, 2.05) is 0 Å². The van der Waals surface area contributed by atoms with E-state index in [0.29, 0.717) is 28.6 Å². The van der Waals surface area contributed by atoms with Gasteiger partial charge in [0.05, 0.1) is 6.54 Å². The molecule has 2 aromatic heterocycles. The molecule has 0 aliphatic carbocycles. The van der Waals surface area contributed by atoms with Crippen molar-refractivity contribution < 1.29 is 4.39 Å². The van der Waals surface area contributed by atoms with Crippen LogP contribution >= 0.6 is 0 Å². The summed E-state index contributed by atoms with van der Waals surface area (Å²) in [7, 11) is 3.08. The largest absolute Gasteiger partial charge is 0.342 e. The predicted octanol–water partition coefficient (Wildman–Crippen LogP) is 2.18. The van der Waals surface area contributed by atoms with Crippen molar-refractivity contribution in [2.75, 3.05) is 37.6 Å². The molecule has 0 radical (unpaired) electrons. The lowest BCUT2D eigenvalue weighted by molar-refractivity contribution is 0.233. The van der Waals surface area contributed by atoms with Crippen LogP contribution in [0, 0.1) is 11.7 Å². The van der Waals surface area contributed by atoms with E-state index in [2.05, 4.69) is 23.6 Å². The number of piperidine rings is 1. The number of fused-ring (bicyclic) bond motifs is 1. The molecule has 33 heavy (non-hydrogen) atoms. The normalized spacial score (nSPS) is 16.8. The summed E-state index contributed by atoms with van der Waals surface area (Å²) >= 11 is 0. The monoisotopic (exact) mass is 456 g/mol. The number of anilines is 1. The van der Waals surface area contributed by atoms with Crippen LogP contribution in [0.4, 0.5) is 10.3 Å². The maximum absolute atomic E-state index is 14.6. The molecule has 0 amide bonds. The zero-order chi connectivity index (χ0) is 23.7. The highest BCUT2D eigenvalue weighted by atomic mass is 19.1. The number of hydrogen-bond donors (Lipinski definition) is 0. The summed E-state index contributed by atoms with van der Waals surface area (Å²) in [5.74, 6) is 0.771. The molecule has 9 heteroatoms. The van der Waals surface area contributed by atoms with Gasteiger partial charge in [0.2, 0.25) is 5.95 Å². The number of benzene rings is 1. The van der Waals surface area contributed by atoms with Crippen LogP contribution in [-0.4, -0.2) is 56.3 Å². The van der Waals surface area contributed by atoms with Crippen LogP contribution in [-0.2, 0) is 20.6 Å². The van der Waals surface area contributed by atoms with Gasteiger partial charge in [-0.15, -0.1) is 0 Å². The highest BCUT2D eigenvalue weighted by molar-refractivity contribution is 5.75. The van der Waals surface area contributed by atoms with Gasteiger partial charge in [-0.1, -0.05) is 32.0 Å². The molecule has 1 unspecified atom stereocenters. The molecule has 0 bridgehead atoms. The Balaban J connectivity index is 1.83. The lowest BCUT2D eigenvalue weighted by atomic mass is 9.97. The van der Waals surface area contributed by atoms with Crippen LogP contribution in [0.2, 0.25) is 0 Å². The third kappa shape index (κ3) is 4.34. The Labute approximate surface area is 192 Å². The van der Waals surface area contributed by atoms with Crippen molar-refractivity contribution in [3.63, 3.8) is 0 Å². The lowest BCUT2D eigenvalue weighted by Crippen LogP contribution is -2.42. The van der Waals surface area contributed by atoms with Crippen LogP contribution in [0.3, 0.4) is 0 Å². The molecule has 1 aromatic carbocycles. The van der Waals surface area contributed by atoms with Gasteiger partial charge in [-0.3, -0.25) is 18.5 Å². The Kier molecular flexibility index (Phi) is 6.69. The Morgan fingerprint density at radius 1 is 1.12 bits per heavy atom. The average molecular weight is 457 g/mol. The van der Waals surface area contributed by atoms with Crippen molar-refractivity contribution in [3.8, 4) is 0 Å². The number of hydrogen-bond acceptors (Lipinski definition) is 5. The molecule has 4 rings (SSSR count). The third-order valence-corrected chi connectivity index (χ3v) is 6.83. The van der Waals surface area contributed by atoms with Gasteiger partial charge in [0.25, 0.3) is 5.56 Å². The molecule has 1 atom stereocenters. The second-order valence-corrected chi connectivity index (χ2v) is 8.91. The second kappa shape index (κ2) is 9.51. The number of nitrogens with zero attached hydrogens (tertiary/aromatic N) is 6. The van der Waals surface area contributed by atoms with Gasteiger partial charge in [0.15, 0.2) is 11.2 Å². The molecule has 8 nitrogen and oxygen atoms in total. The minimum atomic E-state index is -0.423. The molecule has 3 aromatic rings. The molecule has 0 N–H and O–H groups in total. The summed E-state index contributed by atoms with van der Waals surface area (Å²) in [4.78, 5) is 35.1. The first-order valence-corrected chi connectivity index (χ1v) is 11.7. The molecular weight excluding hydrogens is 423 g/mol. The topological polar surface area (TPSA) is 68.3 Å². The minimum Gasteiger partial charge on any atom is -0.342 e. The van der Waals surface area contributed by atoms with Crippen molar-refractivity contribution >= 4 is 17.1 Å². The van der Waals surface area contributed by atoms with E-state index < -0.39 is 11.2 Å². The smallest absolute Gasteiger partial charge is 0.332 e. The van der Waals surface area contributed by atoms with Gasteiger partial charge in [-0.2, -0.15) is 4.98 Å². The van der Waals surface area contributed by atoms with Gasteiger partial charge in [-0.05, 0) is 37.9 Å². The van der Waals surface area contributed by atoms with E-state index in [4.69, 9.17) is 4.98 Å². The van der Waals surface area contributed by atoms with Crippen molar-refractivity contribution in [2.45, 2.75) is 33.2 Å². The minimum absolute atomic E-state index is 0.170. The van der Waals surface area contributed by atoms with Gasteiger partial charge < -0.3 is 9.80 Å². The SMILES string of the molecule is CCN(CC)CC1CCCN(c2nc3c(c(=O)n(C)c(=O)n3C)n2Cc2ccccc2F)C1. The molecule has 1 saturated heterocycles. The Morgan fingerprint density at radius 2 is 1.85 bits per heavy atom. The Morgan fingerprint density at radius 3 is 2.55 bits per heavy atom. The number of imidazole rings is 1. The van der Waals surface area contributed by atoms with E-state index in [1.54, 1.807) is 29.8 Å². The summed E-state index contributed by atoms with van der Waals surface area (Å²) in [5, 5.41) is 0. The van der Waals surface area contributed by atoms with Crippen LogP contribution in [0.25, 0.3) is 11.2 Å². The zero-order valence-corrected chi connectivity index (χ0v) is 19.9. The van der Waals surface area contributed by atoms with Crippen molar-refractivity contribution in [2.24, 2.45) is 20.0 Å². The molecule has 178 valence electrons. The summed E-state index contributed by atoms with van der Waals surface area (Å²) in [5.41, 5.74) is 0.294. The van der Waals surface area contributed by atoms with E-state index >= 15 is 0 Å². The van der Waals surface area contributed by atoms with Crippen molar-refractivity contribution in [1.29, 1.82) is 0 Å². The second-order valence-electron chi connectivity index (χ2n) is 8.91. The molecular formula is C24H33FN6O2. The number of aryl methyl sites for hydroxylation is 1. The first-order chi connectivity index (χ1) is 15.8. The highest BCUT2D eigenvalue weighted by Gasteiger charge is 2.28. The highest BCUT2D eigenvalue weighted by Crippen LogP contribution is 2.27. The molecule has 3 heterocycles. The molecule has 0 spiro atoms. The van der Waals surface area contributed by atoms with Crippen LogP contribution in [0.15, 0.2) is 33.9 Å². The quantitative estimate of drug-likeness (QED) is 0.545. The van der Waals surface area contributed by atoms with Crippen LogP contribution in [0.5, 0.6) is 0 Å². The van der Waals surface area contributed by atoms with E-state index in [1.165, 1.54) is 17.7 Å². The fourth-order valence-electron chi connectivity index (χ4n) is 4.87. The van der Waals surface area contributed by atoms with E-state index in [-0.39, 0.29) is 12.4 Å². The predicted molar refractivity (Wildman–Crippen MR) is 128 cm³/mol. The fraction of sp³-hybridized carbons (Fsp3) is 0.542. The molecule has 1 aliphatic rings. The van der Waals surface area contributed by atoms with Crippen molar-refractivity contribution in [1.82, 2.24) is 23.6 Å². The van der Waals surface area contributed by atoms with Gasteiger partial charge in [-0.25, -0.2) is 9.18 Å². The first-order valence-electron chi connectivity index (χ1n) is 11.7.